The molecule has 0 radical (unpaired) electrons. The zero-order valence-corrected chi connectivity index (χ0v) is 14.9. The number of fused-ring (bicyclic) bond motifs is 1. The normalized spacial score (nSPS) is 10.6. The van der Waals surface area contributed by atoms with Gasteiger partial charge in [-0.1, -0.05) is 48.5 Å². The number of nitrogens with one attached hydrogen (secondary N) is 1. The van der Waals surface area contributed by atoms with Crippen molar-refractivity contribution in [2.75, 3.05) is 11.9 Å². The van der Waals surface area contributed by atoms with Crippen LogP contribution >= 0.6 is 0 Å². The van der Waals surface area contributed by atoms with E-state index in [4.69, 9.17) is 9.15 Å². The molecule has 5 heteroatoms. The number of ether oxygens (including phenoxy) is 1. The van der Waals surface area contributed by atoms with E-state index >= 15 is 0 Å². The van der Waals surface area contributed by atoms with E-state index in [2.05, 4.69) is 5.32 Å². The third-order valence-corrected chi connectivity index (χ3v) is 4.21. The maximum atomic E-state index is 12.4. The molecule has 0 spiro atoms. The molecule has 0 saturated heterocycles. The summed E-state index contributed by atoms with van der Waals surface area (Å²) in [4.78, 5) is 24.5. The molecule has 0 fully saturated rings. The summed E-state index contributed by atoms with van der Waals surface area (Å²) < 4.78 is 10.8. The van der Waals surface area contributed by atoms with Crippen LogP contribution < -0.4 is 15.7 Å². The van der Waals surface area contributed by atoms with Crippen LogP contribution in [0.25, 0.3) is 22.1 Å². The molecule has 4 aromatic rings. The Morgan fingerprint density at radius 3 is 2.54 bits per heavy atom. The fourth-order valence-corrected chi connectivity index (χ4v) is 2.89. The second-order valence-corrected chi connectivity index (χ2v) is 6.22. The topological polar surface area (TPSA) is 68.5 Å². The number of anilines is 1. The zero-order chi connectivity index (χ0) is 19.3. The van der Waals surface area contributed by atoms with Gasteiger partial charge in [-0.25, -0.2) is 4.79 Å². The minimum atomic E-state index is -0.422. The van der Waals surface area contributed by atoms with Gasteiger partial charge in [0, 0.05) is 11.1 Å². The third-order valence-electron chi connectivity index (χ3n) is 4.21. The molecule has 1 aromatic heterocycles. The lowest BCUT2D eigenvalue weighted by Crippen LogP contribution is -2.20. The van der Waals surface area contributed by atoms with Crippen molar-refractivity contribution in [3.8, 4) is 16.9 Å². The van der Waals surface area contributed by atoms with Crippen LogP contribution in [0, 0.1) is 0 Å². The smallest absolute Gasteiger partial charge is 0.344 e. The highest BCUT2D eigenvalue weighted by Crippen LogP contribution is 2.23. The predicted octanol–water partition coefficient (Wildman–Crippen LogP) is 4.48. The fraction of sp³-hybridized carbons (Fsp3) is 0.0435. The van der Waals surface area contributed by atoms with E-state index in [1.165, 1.54) is 0 Å². The Morgan fingerprint density at radius 2 is 1.68 bits per heavy atom. The van der Waals surface area contributed by atoms with Crippen molar-refractivity contribution in [1.82, 2.24) is 0 Å². The first-order valence-corrected chi connectivity index (χ1v) is 8.80. The summed E-state index contributed by atoms with van der Waals surface area (Å²) in [6, 6.07) is 25.3. The second kappa shape index (κ2) is 7.80. The molecular formula is C23H17NO4. The molecule has 0 bridgehead atoms. The molecule has 0 aliphatic heterocycles. The van der Waals surface area contributed by atoms with Crippen LogP contribution in [0.5, 0.6) is 5.75 Å². The molecule has 1 amide bonds. The van der Waals surface area contributed by atoms with Gasteiger partial charge in [-0.2, -0.15) is 0 Å². The van der Waals surface area contributed by atoms with Crippen molar-refractivity contribution >= 4 is 22.6 Å². The zero-order valence-electron chi connectivity index (χ0n) is 14.9. The van der Waals surface area contributed by atoms with Gasteiger partial charge in [-0.3, -0.25) is 4.79 Å². The lowest BCUT2D eigenvalue weighted by Gasteiger charge is -2.09. The molecule has 0 aliphatic rings. The van der Waals surface area contributed by atoms with E-state index in [1.54, 1.807) is 48.5 Å². The molecule has 0 atom stereocenters. The average Bonchev–Trinajstić information content (AvgIpc) is 2.73. The Bertz CT molecular complexity index is 1180. The molecular weight excluding hydrogens is 354 g/mol. The van der Waals surface area contributed by atoms with E-state index in [1.807, 2.05) is 36.4 Å². The summed E-state index contributed by atoms with van der Waals surface area (Å²) in [6.45, 7) is -0.105. The molecule has 5 nitrogen and oxygen atoms in total. The SMILES string of the molecule is O=C(COc1ccccc1)Nc1cccc(-c2cc3ccccc3oc2=O)c1. The number of hydrogen-bond acceptors (Lipinski definition) is 4. The van der Waals surface area contributed by atoms with E-state index in [0.29, 0.717) is 28.1 Å². The van der Waals surface area contributed by atoms with Gasteiger partial charge in [0.1, 0.15) is 11.3 Å². The van der Waals surface area contributed by atoms with Gasteiger partial charge in [0.05, 0.1) is 5.56 Å². The van der Waals surface area contributed by atoms with Crippen LogP contribution in [0.1, 0.15) is 0 Å². The Balaban J connectivity index is 1.52. The van der Waals surface area contributed by atoms with Crippen molar-refractivity contribution in [3.05, 3.63) is 95.3 Å². The van der Waals surface area contributed by atoms with Crippen molar-refractivity contribution in [2.45, 2.75) is 0 Å². The van der Waals surface area contributed by atoms with Crippen LogP contribution in [-0.4, -0.2) is 12.5 Å². The summed E-state index contributed by atoms with van der Waals surface area (Å²) >= 11 is 0. The first-order valence-electron chi connectivity index (χ1n) is 8.80. The number of carbonyl (C=O) groups excluding carboxylic acids is 1. The Hall–Kier alpha value is -3.86. The van der Waals surface area contributed by atoms with Crippen LogP contribution in [-0.2, 0) is 4.79 Å². The average molecular weight is 371 g/mol. The standard InChI is InChI=1S/C23H17NO4/c25-22(15-27-19-10-2-1-3-11-19)24-18-9-6-8-16(13-18)20-14-17-7-4-5-12-21(17)28-23(20)26/h1-14H,15H2,(H,24,25). The van der Waals surface area contributed by atoms with Crippen molar-refractivity contribution < 1.29 is 13.9 Å². The minimum Gasteiger partial charge on any atom is -0.484 e. The van der Waals surface area contributed by atoms with Crippen LogP contribution in [0.15, 0.2) is 94.1 Å². The van der Waals surface area contributed by atoms with E-state index in [9.17, 15) is 9.59 Å². The van der Waals surface area contributed by atoms with Crippen molar-refractivity contribution in [3.63, 3.8) is 0 Å². The summed E-state index contributed by atoms with van der Waals surface area (Å²) in [5.74, 6) is 0.340. The molecule has 1 N–H and O–H groups in total. The lowest BCUT2D eigenvalue weighted by atomic mass is 10.1. The third kappa shape index (κ3) is 3.94. The second-order valence-electron chi connectivity index (χ2n) is 6.22. The molecule has 0 aliphatic carbocycles. The maximum Gasteiger partial charge on any atom is 0.344 e. The fourth-order valence-electron chi connectivity index (χ4n) is 2.89. The number of rotatable bonds is 5. The molecule has 1 heterocycles. The summed E-state index contributed by atoms with van der Waals surface area (Å²) in [6.07, 6.45) is 0. The van der Waals surface area contributed by atoms with Crippen LogP contribution in [0.2, 0.25) is 0 Å². The van der Waals surface area contributed by atoms with Crippen molar-refractivity contribution in [2.24, 2.45) is 0 Å². The largest absolute Gasteiger partial charge is 0.484 e. The van der Waals surface area contributed by atoms with Crippen LogP contribution in [0.4, 0.5) is 5.69 Å². The Kier molecular flexibility index (Phi) is 4.89. The van der Waals surface area contributed by atoms with Gasteiger partial charge < -0.3 is 14.5 Å². The number of benzene rings is 3. The van der Waals surface area contributed by atoms with Gasteiger partial charge in [0.25, 0.3) is 5.91 Å². The van der Waals surface area contributed by atoms with Gasteiger partial charge >= 0.3 is 5.63 Å². The molecule has 3 aromatic carbocycles. The number of para-hydroxylation sites is 2. The van der Waals surface area contributed by atoms with Crippen LogP contribution in [0.3, 0.4) is 0 Å². The van der Waals surface area contributed by atoms with Gasteiger partial charge in [0.2, 0.25) is 0 Å². The quantitative estimate of drug-likeness (QED) is 0.525. The first kappa shape index (κ1) is 17.5. The van der Waals surface area contributed by atoms with Gasteiger partial charge in [-0.15, -0.1) is 0 Å². The lowest BCUT2D eigenvalue weighted by molar-refractivity contribution is -0.118. The Labute approximate surface area is 161 Å². The summed E-state index contributed by atoms with van der Waals surface area (Å²) in [7, 11) is 0. The number of carbonyl (C=O) groups is 1. The number of amides is 1. The molecule has 0 unspecified atom stereocenters. The van der Waals surface area contributed by atoms with Gasteiger partial charge in [0.15, 0.2) is 6.61 Å². The van der Waals surface area contributed by atoms with Gasteiger partial charge in [-0.05, 0) is 42.0 Å². The molecule has 4 rings (SSSR count). The highest BCUT2D eigenvalue weighted by Gasteiger charge is 2.10. The molecule has 138 valence electrons. The van der Waals surface area contributed by atoms with Crippen molar-refractivity contribution in [1.29, 1.82) is 0 Å². The summed E-state index contributed by atoms with van der Waals surface area (Å²) in [5.41, 5.74) is 1.80. The monoisotopic (exact) mass is 371 g/mol. The van der Waals surface area contributed by atoms with E-state index in [-0.39, 0.29) is 12.5 Å². The first-order chi connectivity index (χ1) is 13.7. The highest BCUT2D eigenvalue weighted by molar-refractivity contribution is 5.92. The Morgan fingerprint density at radius 1 is 0.893 bits per heavy atom. The highest BCUT2D eigenvalue weighted by atomic mass is 16.5. The number of hydrogen-bond donors (Lipinski definition) is 1. The van der Waals surface area contributed by atoms with E-state index in [0.717, 1.165) is 5.39 Å². The maximum absolute atomic E-state index is 12.4. The van der Waals surface area contributed by atoms with E-state index < -0.39 is 5.63 Å². The molecule has 28 heavy (non-hydrogen) atoms. The minimum absolute atomic E-state index is 0.105. The predicted molar refractivity (Wildman–Crippen MR) is 108 cm³/mol. The summed E-state index contributed by atoms with van der Waals surface area (Å²) in [5, 5.41) is 3.62. The molecule has 0 saturated carbocycles.